The number of amides is 1. The van der Waals surface area contributed by atoms with E-state index in [0.29, 0.717) is 31.1 Å². The van der Waals surface area contributed by atoms with Gasteiger partial charge in [-0.15, -0.1) is 0 Å². The number of nitrogens with zero attached hydrogens (tertiary/aromatic N) is 4. The Morgan fingerprint density at radius 3 is 2.65 bits per heavy atom. The molecule has 198 valence electrons. The first-order valence-corrected chi connectivity index (χ1v) is 12.9. The van der Waals surface area contributed by atoms with E-state index < -0.39 is 12.0 Å². The Morgan fingerprint density at radius 1 is 1.24 bits per heavy atom. The van der Waals surface area contributed by atoms with Crippen LogP contribution in [0.25, 0.3) is 22.4 Å². The van der Waals surface area contributed by atoms with E-state index in [-0.39, 0.29) is 17.4 Å². The number of rotatable bonds is 8. The van der Waals surface area contributed by atoms with E-state index in [0.717, 1.165) is 47.4 Å². The van der Waals surface area contributed by atoms with Crippen LogP contribution in [0.1, 0.15) is 44.7 Å². The Kier molecular flexibility index (Phi) is 7.82. The Balaban J connectivity index is 1.73. The summed E-state index contributed by atoms with van der Waals surface area (Å²) in [6.07, 6.45) is 3.82. The smallest absolute Gasteiger partial charge is 0.320 e. The first kappa shape index (κ1) is 26.6. The number of aromatic nitrogens is 3. The Labute approximate surface area is 217 Å². The van der Waals surface area contributed by atoms with Gasteiger partial charge in [0.05, 0.1) is 11.0 Å². The number of carboxylic acids is 1. The Morgan fingerprint density at radius 2 is 2.00 bits per heavy atom. The number of piperidine rings is 1. The van der Waals surface area contributed by atoms with Crippen molar-refractivity contribution in [3.8, 4) is 11.4 Å². The van der Waals surface area contributed by atoms with Gasteiger partial charge in [-0.05, 0) is 55.4 Å². The van der Waals surface area contributed by atoms with Crippen molar-refractivity contribution in [3.05, 3.63) is 51.9 Å². The molecule has 9 heteroatoms. The van der Waals surface area contributed by atoms with Crippen molar-refractivity contribution < 1.29 is 14.7 Å². The molecule has 4 rings (SSSR count). The fourth-order valence-corrected chi connectivity index (χ4v) is 5.28. The average Bonchev–Trinajstić information content (AvgIpc) is 3.19. The number of hydrogen-bond acceptors (Lipinski definition) is 5. The number of benzene rings is 1. The number of imidazole rings is 1. The van der Waals surface area contributed by atoms with Gasteiger partial charge in [-0.3, -0.25) is 14.4 Å². The second kappa shape index (κ2) is 10.9. The molecule has 3 heterocycles. The van der Waals surface area contributed by atoms with Crippen LogP contribution in [-0.4, -0.2) is 55.1 Å². The highest BCUT2D eigenvalue weighted by Crippen LogP contribution is 2.29. The highest BCUT2D eigenvalue weighted by Gasteiger charge is 2.25. The van der Waals surface area contributed by atoms with Crippen molar-refractivity contribution >= 4 is 22.9 Å². The molecule has 0 bridgehead atoms. The highest BCUT2D eigenvalue weighted by atomic mass is 16.4. The fourth-order valence-electron chi connectivity index (χ4n) is 5.28. The van der Waals surface area contributed by atoms with Gasteiger partial charge in [-0.1, -0.05) is 19.9 Å². The van der Waals surface area contributed by atoms with Crippen molar-refractivity contribution in [2.24, 2.45) is 18.9 Å². The van der Waals surface area contributed by atoms with Crippen LogP contribution in [0.2, 0.25) is 0 Å². The van der Waals surface area contributed by atoms with E-state index in [1.165, 1.54) is 0 Å². The molecule has 0 aliphatic carbocycles. The number of carbonyl (C=O) groups excluding carboxylic acids is 1. The third-order valence-corrected chi connectivity index (χ3v) is 7.30. The monoisotopic (exact) mass is 507 g/mol. The van der Waals surface area contributed by atoms with E-state index >= 15 is 0 Å². The molecular formula is C28H37N5O4. The molecule has 1 fully saturated rings. The van der Waals surface area contributed by atoms with E-state index in [1.807, 2.05) is 56.1 Å². The maximum absolute atomic E-state index is 12.3. The van der Waals surface area contributed by atoms with Crippen LogP contribution < -0.4 is 10.9 Å². The number of aliphatic carboxylic acids is 1. The minimum atomic E-state index is -0.861. The van der Waals surface area contributed by atoms with Gasteiger partial charge in [-0.2, -0.15) is 0 Å². The van der Waals surface area contributed by atoms with Crippen LogP contribution >= 0.6 is 0 Å². The minimum Gasteiger partial charge on any atom is -0.480 e. The fraction of sp³-hybridized carbons (Fsp3) is 0.500. The van der Waals surface area contributed by atoms with Gasteiger partial charge in [0.25, 0.3) is 5.56 Å². The SMILES string of the molecule is CC(=O)N1CCC[C@H](Cn2c(-c3cc(C)c(=O)n(C)c3)nc3cc(CN[C@H](C(=O)O)C(C)C)ccc32)C1. The molecule has 1 saturated heterocycles. The molecule has 37 heavy (non-hydrogen) atoms. The lowest BCUT2D eigenvalue weighted by atomic mass is 9.97. The van der Waals surface area contributed by atoms with Crippen LogP contribution in [0, 0.1) is 18.8 Å². The molecule has 0 saturated carbocycles. The third kappa shape index (κ3) is 5.77. The number of carboxylic acid groups (broad SMARTS) is 1. The molecule has 0 radical (unpaired) electrons. The minimum absolute atomic E-state index is 0.0370. The highest BCUT2D eigenvalue weighted by molar-refractivity contribution is 5.81. The number of fused-ring (bicyclic) bond motifs is 1. The molecule has 2 aromatic heterocycles. The van der Waals surface area contributed by atoms with Crippen LogP contribution in [0.3, 0.4) is 0 Å². The number of aryl methyl sites for hydroxylation is 2. The number of likely N-dealkylation sites (tertiary alicyclic amines) is 1. The predicted octanol–water partition coefficient (Wildman–Crippen LogP) is 3.17. The van der Waals surface area contributed by atoms with Gasteiger partial charge in [0.15, 0.2) is 0 Å². The van der Waals surface area contributed by atoms with E-state index in [9.17, 15) is 19.5 Å². The van der Waals surface area contributed by atoms with Crippen molar-refractivity contribution in [3.63, 3.8) is 0 Å². The second-order valence-corrected chi connectivity index (χ2v) is 10.6. The van der Waals surface area contributed by atoms with Gasteiger partial charge < -0.3 is 24.5 Å². The first-order chi connectivity index (χ1) is 17.5. The largest absolute Gasteiger partial charge is 0.480 e. The summed E-state index contributed by atoms with van der Waals surface area (Å²) in [5.74, 6) is 0.285. The molecule has 3 aromatic rings. The van der Waals surface area contributed by atoms with Gasteiger partial charge in [0.2, 0.25) is 5.91 Å². The summed E-state index contributed by atoms with van der Waals surface area (Å²) in [5.41, 5.74) is 4.22. The van der Waals surface area contributed by atoms with Gasteiger partial charge in [-0.25, -0.2) is 4.98 Å². The lowest BCUT2D eigenvalue weighted by Crippen LogP contribution is -2.40. The van der Waals surface area contributed by atoms with Gasteiger partial charge >= 0.3 is 5.97 Å². The first-order valence-electron chi connectivity index (χ1n) is 12.9. The summed E-state index contributed by atoms with van der Waals surface area (Å²) < 4.78 is 3.79. The zero-order valence-electron chi connectivity index (χ0n) is 22.3. The molecular weight excluding hydrogens is 470 g/mol. The summed E-state index contributed by atoms with van der Waals surface area (Å²) in [4.78, 5) is 42.9. The number of carbonyl (C=O) groups is 2. The van der Waals surface area contributed by atoms with Crippen molar-refractivity contribution in [1.29, 1.82) is 0 Å². The second-order valence-electron chi connectivity index (χ2n) is 10.6. The molecule has 2 atom stereocenters. The zero-order valence-corrected chi connectivity index (χ0v) is 22.3. The molecule has 0 spiro atoms. The summed E-state index contributed by atoms with van der Waals surface area (Å²) >= 11 is 0. The number of hydrogen-bond donors (Lipinski definition) is 2. The summed E-state index contributed by atoms with van der Waals surface area (Å²) in [6.45, 7) is 9.85. The molecule has 0 unspecified atom stereocenters. The molecule has 1 aliphatic heterocycles. The molecule has 9 nitrogen and oxygen atoms in total. The van der Waals surface area contributed by atoms with E-state index in [1.54, 1.807) is 18.5 Å². The van der Waals surface area contributed by atoms with Crippen LogP contribution in [0.15, 0.2) is 35.3 Å². The molecule has 1 amide bonds. The summed E-state index contributed by atoms with van der Waals surface area (Å²) in [7, 11) is 1.75. The lowest BCUT2D eigenvalue weighted by molar-refractivity contribution is -0.140. The normalized spacial score (nSPS) is 16.9. The Bertz CT molecular complexity index is 1350. The third-order valence-electron chi connectivity index (χ3n) is 7.30. The predicted molar refractivity (Wildman–Crippen MR) is 143 cm³/mol. The van der Waals surface area contributed by atoms with E-state index in [4.69, 9.17) is 4.98 Å². The van der Waals surface area contributed by atoms with Crippen molar-refractivity contribution in [1.82, 2.24) is 24.3 Å². The quantitative estimate of drug-likeness (QED) is 0.485. The van der Waals surface area contributed by atoms with Crippen molar-refractivity contribution in [2.75, 3.05) is 13.1 Å². The molecule has 1 aliphatic rings. The van der Waals surface area contributed by atoms with Crippen molar-refractivity contribution in [2.45, 2.75) is 59.7 Å². The number of pyridine rings is 1. The standard InChI is InChI=1S/C28H37N5O4/c1-17(2)25(28(36)37)29-13-20-8-9-24-23(12-20)30-26(22-11-18(3)27(35)31(5)16-22)33(24)15-21-7-6-10-32(14-21)19(4)34/h8-9,11-12,16-17,21,25,29H,6-7,10,13-15H2,1-5H3,(H,36,37)/t21-,25-/m0/s1. The Hall–Kier alpha value is -3.46. The van der Waals surface area contributed by atoms with E-state index in [2.05, 4.69) is 9.88 Å². The maximum atomic E-state index is 12.3. The summed E-state index contributed by atoms with van der Waals surface area (Å²) in [5, 5.41) is 12.7. The summed E-state index contributed by atoms with van der Waals surface area (Å²) in [6, 6.07) is 7.29. The van der Waals surface area contributed by atoms with Gasteiger partial charge in [0.1, 0.15) is 11.9 Å². The topological polar surface area (TPSA) is 109 Å². The molecule has 1 aromatic carbocycles. The zero-order chi connectivity index (χ0) is 26.9. The van der Waals surface area contributed by atoms with Gasteiger partial charge in [0, 0.05) is 57.5 Å². The lowest BCUT2D eigenvalue weighted by Gasteiger charge is -2.32. The van der Waals surface area contributed by atoms with Crippen LogP contribution in [0.5, 0.6) is 0 Å². The maximum Gasteiger partial charge on any atom is 0.320 e. The number of nitrogens with one attached hydrogen (secondary N) is 1. The van der Waals surface area contributed by atoms with Crippen LogP contribution in [0.4, 0.5) is 0 Å². The molecule has 2 N–H and O–H groups in total. The average molecular weight is 508 g/mol. The van der Waals surface area contributed by atoms with Crippen LogP contribution in [-0.2, 0) is 29.7 Å².